The van der Waals surface area contributed by atoms with Crippen LogP contribution >= 0.6 is 0 Å². The van der Waals surface area contributed by atoms with Crippen LogP contribution in [0.3, 0.4) is 0 Å². The molecule has 0 aliphatic carbocycles. The number of amides is 1. The molecule has 0 unspecified atom stereocenters. The Morgan fingerprint density at radius 2 is 1.53 bits per heavy atom. The molecular formula is C28H29NO5. The number of nitrogens with one attached hydrogen (secondary N) is 1. The number of benzene rings is 3. The minimum atomic E-state index is -0.306. The number of carbonyl (C=O) groups is 1. The fourth-order valence-corrected chi connectivity index (χ4v) is 4.67. The minimum absolute atomic E-state index is 0.0256. The fraction of sp³-hybridized carbons (Fsp3) is 0.321. The van der Waals surface area contributed by atoms with Gasteiger partial charge in [0.05, 0.1) is 0 Å². The van der Waals surface area contributed by atoms with Crippen LogP contribution in [0.15, 0.2) is 78.9 Å². The van der Waals surface area contributed by atoms with Crippen molar-refractivity contribution in [3.63, 3.8) is 0 Å². The van der Waals surface area contributed by atoms with Crippen molar-refractivity contribution < 1.29 is 23.7 Å². The Bertz CT molecular complexity index is 1060. The molecular weight excluding hydrogens is 430 g/mol. The first-order chi connectivity index (χ1) is 16.7. The van der Waals surface area contributed by atoms with Gasteiger partial charge < -0.3 is 24.3 Å². The van der Waals surface area contributed by atoms with Crippen LogP contribution in [0.4, 0.5) is 0 Å². The molecule has 1 saturated heterocycles. The Morgan fingerprint density at radius 3 is 2.21 bits per heavy atom. The van der Waals surface area contributed by atoms with Crippen LogP contribution in [0.1, 0.15) is 35.6 Å². The normalized spacial score (nSPS) is 16.4. The van der Waals surface area contributed by atoms with E-state index in [0.717, 1.165) is 41.0 Å². The third kappa shape index (κ3) is 4.93. The molecule has 1 N–H and O–H groups in total. The summed E-state index contributed by atoms with van der Waals surface area (Å²) in [6, 6.07) is 26.0. The van der Waals surface area contributed by atoms with Crippen molar-refractivity contribution in [2.45, 2.75) is 24.4 Å². The number of rotatable bonds is 8. The molecule has 1 amide bonds. The molecule has 3 aromatic rings. The molecule has 34 heavy (non-hydrogen) atoms. The lowest BCUT2D eigenvalue weighted by atomic mass is 9.74. The fourth-order valence-electron chi connectivity index (χ4n) is 4.67. The van der Waals surface area contributed by atoms with Crippen molar-refractivity contribution in [1.29, 1.82) is 0 Å². The summed E-state index contributed by atoms with van der Waals surface area (Å²) in [7, 11) is 0. The molecule has 2 aliphatic rings. The zero-order valence-electron chi connectivity index (χ0n) is 19.1. The van der Waals surface area contributed by atoms with Crippen molar-refractivity contribution >= 4 is 5.91 Å². The summed E-state index contributed by atoms with van der Waals surface area (Å²) in [5.74, 6) is 1.38. The van der Waals surface area contributed by atoms with Crippen LogP contribution in [0, 0.1) is 0 Å². The van der Waals surface area contributed by atoms with E-state index < -0.39 is 0 Å². The van der Waals surface area contributed by atoms with Crippen LogP contribution in [-0.2, 0) is 19.7 Å². The van der Waals surface area contributed by atoms with Gasteiger partial charge in [0.25, 0.3) is 0 Å². The Balaban J connectivity index is 1.26. The van der Waals surface area contributed by atoms with Crippen molar-refractivity contribution in [1.82, 2.24) is 5.32 Å². The lowest BCUT2D eigenvalue weighted by Crippen LogP contribution is -2.45. The third-order valence-electron chi connectivity index (χ3n) is 6.64. The van der Waals surface area contributed by atoms with Crippen LogP contribution in [0.5, 0.6) is 11.5 Å². The summed E-state index contributed by atoms with van der Waals surface area (Å²) >= 11 is 0. The molecule has 3 aromatic carbocycles. The van der Waals surface area contributed by atoms with Crippen molar-refractivity contribution in [2.75, 3.05) is 33.2 Å². The Labute approximate surface area is 199 Å². The van der Waals surface area contributed by atoms with E-state index in [9.17, 15) is 4.79 Å². The van der Waals surface area contributed by atoms with E-state index >= 15 is 0 Å². The number of fused-ring (bicyclic) bond motifs is 1. The molecule has 2 heterocycles. The molecule has 6 nitrogen and oxygen atoms in total. The molecule has 0 bridgehead atoms. The van der Waals surface area contributed by atoms with Gasteiger partial charge in [0.1, 0.15) is 12.7 Å². The van der Waals surface area contributed by atoms with Gasteiger partial charge in [-0.1, -0.05) is 66.7 Å². The first-order valence-corrected chi connectivity index (χ1v) is 11.7. The topological polar surface area (TPSA) is 66.0 Å². The van der Waals surface area contributed by atoms with Crippen LogP contribution in [-0.4, -0.2) is 39.1 Å². The van der Waals surface area contributed by atoms with E-state index in [1.165, 1.54) is 0 Å². The Kier molecular flexibility index (Phi) is 6.79. The monoisotopic (exact) mass is 459 g/mol. The third-order valence-corrected chi connectivity index (χ3v) is 6.64. The maximum Gasteiger partial charge on any atom is 0.246 e. The molecule has 6 heteroatoms. The van der Waals surface area contributed by atoms with Crippen LogP contribution < -0.4 is 14.8 Å². The molecule has 0 aromatic heterocycles. The van der Waals surface area contributed by atoms with Crippen molar-refractivity contribution in [3.8, 4) is 11.5 Å². The van der Waals surface area contributed by atoms with Gasteiger partial charge in [0.2, 0.25) is 12.7 Å². The summed E-state index contributed by atoms with van der Waals surface area (Å²) in [6.45, 7) is 2.05. The highest BCUT2D eigenvalue weighted by Gasteiger charge is 2.36. The van der Waals surface area contributed by atoms with E-state index in [1.807, 2.05) is 72.8 Å². The number of hydrogen-bond donors (Lipinski definition) is 1. The van der Waals surface area contributed by atoms with Gasteiger partial charge in [-0.25, -0.2) is 0 Å². The predicted molar refractivity (Wildman–Crippen MR) is 128 cm³/mol. The maximum atomic E-state index is 12.9. The molecule has 2 aliphatic heterocycles. The average Bonchev–Trinajstić information content (AvgIpc) is 3.38. The standard InChI is InChI=1S/C28H29NO5/c30-26(18-32-27(21-7-3-1-4-8-21)22-9-5-2-6-10-22)29-19-28(13-15-31-16-14-28)23-11-12-24-25(17-23)34-20-33-24/h1-12,17,27H,13-16,18-20H2,(H,29,30). The second kappa shape index (κ2) is 10.3. The molecule has 176 valence electrons. The van der Waals surface area contributed by atoms with Gasteiger partial charge in [0, 0.05) is 25.2 Å². The van der Waals surface area contributed by atoms with E-state index in [-0.39, 0.29) is 30.8 Å². The molecule has 5 rings (SSSR count). The second-order valence-electron chi connectivity index (χ2n) is 8.75. The van der Waals surface area contributed by atoms with E-state index in [1.54, 1.807) is 0 Å². The highest BCUT2D eigenvalue weighted by atomic mass is 16.7. The summed E-state index contributed by atoms with van der Waals surface area (Å²) in [4.78, 5) is 12.9. The minimum Gasteiger partial charge on any atom is -0.454 e. The highest BCUT2D eigenvalue weighted by molar-refractivity contribution is 5.77. The highest BCUT2D eigenvalue weighted by Crippen LogP contribution is 2.40. The summed E-state index contributed by atoms with van der Waals surface area (Å²) in [6.07, 6.45) is 1.34. The molecule has 0 spiro atoms. The zero-order chi connectivity index (χ0) is 23.2. The number of hydrogen-bond acceptors (Lipinski definition) is 5. The van der Waals surface area contributed by atoms with E-state index in [2.05, 4.69) is 11.4 Å². The lowest BCUT2D eigenvalue weighted by Gasteiger charge is -2.38. The molecule has 0 atom stereocenters. The molecule has 1 fully saturated rings. The quantitative estimate of drug-likeness (QED) is 0.541. The maximum absolute atomic E-state index is 12.9. The first kappa shape index (κ1) is 22.4. The van der Waals surface area contributed by atoms with Gasteiger partial charge in [-0.2, -0.15) is 0 Å². The van der Waals surface area contributed by atoms with E-state index in [0.29, 0.717) is 19.8 Å². The average molecular weight is 460 g/mol. The number of ether oxygens (including phenoxy) is 4. The van der Waals surface area contributed by atoms with Gasteiger partial charge in [0.15, 0.2) is 11.5 Å². The first-order valence-electron chi connectivity index (χ1n) is 11.7. The summed E-state index contributed by atoms with van der Waals surface area (Å²) < 4.78 is 22.8. The molecule has 0 radical (unpaired) electrons. The van der Waals surface area contributed by atoms with Crippen molar-refractivity contribution in [3.05, 3.63) is 95.6 Å². The van der Waals surface area contributed by atoms with Crippen LogP contribution in [0.25, 0.3) is 0 Å². The summed E-state index contributed by atoms with van der Waals surface area (Å²) in [5.41, 5.74) is 2.95. The molecule has 0 saturated carbocycles. The largest absolute Gasteiger partial charge is 0.454 e. The van der Waals surface area contributed by atoms with Crippen molar-refractivity contribution in [2.24, 2.45) is 0 Å². The van der Waals surface area contributed by atoms with Gasteiger partial charge in [-0.15, -0.1) is 0 Å². The predicted octanol–water partition coefficient (Wildman–Crippen LogP) is 4.39. The van der Waals surface area contributed by atoms with Gasteiger partial charge in [-0.05, 0) is 41.7 Å². The zero-order valence-corrected chi connectivity index (χ0v) is 19.1. The van der Waals surface area contributed by atoms with Gasteiger partial charge in [-0.3, -0.25) is 4.79 Å². The summed E-state index contributed by atoms with van der Waals surface area (Å²) in [5, 5.41) is 3.13. The van der Waals surface area contributed by atoms with Crippen LogP contribution in [0.2, 0.25) is 0 Å². The lowest BCUT2D eigenvalue weighted by molar-refractivity contribution is -0.127. The SMILES string of the molecule is O=C(COC(c1ccccc1)c1ccccc1)NCC1(c2ccc3c(c2)OCO3)CCOCC1. The van der Waals surface area contributed by atoms with E-state index in [4.69, 9.17) is 18.9 Å². The smallest absolute Gasteiger partial charge is 0.246 e. The van der Waals surface area contributed by atoms with Gasteiger partial charge >= 0.3 is 0 Å². The Hall–Kier alpha value is -3.35. The Morgan fingerprint density at radius 1 is 0.882 bits per heavy atom. The second-order valence-corrected chi connectivity index (χ2v) is 8.75. The number of carbonyl (C=O) groups excluding carboxylic acids is 1.